The largest absolute Gasteiger partial charge is 0.324 e. The Bertz CT molecular complexity index is 1040. The Hall–Kier alpha value is -2.49. The standard InChI is InChI=1S/C19H20ClN3O5S/c1-13-16(20)5-4-6-17(13)21-19(24)18-7-2-3-12-22(18)29(27,28)15-10-8-14(9-11-15)23(25)26/h4-6,8-11,18H,2-3,7,12H2,1H3,(H,21,24)/t18-/m0/s1. The molecule has 0 saturated carbocycles. The van der Waals surface area contributed by atoms with Crippen molar-refractivity contribution in [2.75, 3.05) is 11.9 Å². The maximum absolute atomic E-state index is 13.1. The maximum atomic E-state index is 13.1. The van der Waals surface area contributed by atoms with Crippen LogP contribution in [-0.2, 0) is 14.8 Å². The van der Waals surface area contributed by atoms with Crippen LogP contribution in [0, 0.1) is 17.0 Å². The average molecular weight is 438 g/mol. The van der Waals surface area contributed by atoms with Gasteiger partial charge in [-0.3, -0.25) is 14.9 Å². The number of carbonyl (C=O) groups excluding carboxylic acids is 1. The zero-order valence-corrected chi connectivity index (χ0v) is 17.2. The number of anilines is 1. The zero-order valence-electron chi connectivity index (χ0n) is 15.7. The number of amides is 1. The summed E-state index contributed by atoms with van der Waals surface area (Å²) in [5.41, 5.74) is 1.03. The molecule has 1 heterocycles. The van der Waals surface area contributed by atoms with Crippen molar-refractivity contribution in [3.8, 4) is 0 Å². The molecule has 0 radical (unpaired) electrons. The predicted octanol–water partition coefficient (Wildman–Crippen LogP) is 3.74. The Morgan fingerprint density at radius 1 is 1.21 bits per heavy atom. The lowest BCUT2D eigenvalue weighted by Gasteiger charge is -2.33. The van der Waals surface area contributed by atoms with Gasteiger partial charge in [-0.2, -0.15) is 4.31 Å². The van der Waals surface area contributed by atoms with E-state index in [4.69, 9.17) is 11.6 Å². The molecule has 0 unspecified atom stereocenters. The molecule has 1 amide bonds. The molecule has 1 fully saturated rings. The number of hydrogen-bond acceptors (Lipinski definition) is 5. The van der Waals surface area contributed by atoms with Crippen LogP contribution in [0.25, 0.3) is 0 Å². The first-order valence-corrected chi connectivity index (χ1v) is 10.9. The second-order valence-corrected chi connectivity index (χ2v) is 9.08. The molecule has 0 spiro atoms. The van der Waals surface area contributed by atoms with Crippen LogP contribution in [0.15, 0.2) is 47.4 Å². The quantitative estimate of drug-likeness (QED) is 0.566. The lowest BCUT2D eigenvalue weighted by atomic mass is 10.0. The third-order valence-corrected chi connectivity index (χ3v) is 7.27. The third kappa shape index (κ3) is 4.42. The minimum Gasteiger partial charge on any atom is -0.324 e. The molecule has 10 heteroatoms. The van der Waals surface area contributed by atoms with Crippen LogP contribution in [-0.4, -0.2) is 36.1 Å². The highest BCUT2D eigenvalue weighted by Crippen LogP contribution is 2.29. The van der Waals surface area contributed by atoms with Gasteiger partial charge in [0, 0.05) is 29.4 Å². The summed E-state index contributed by atoms with van der Waals surface area (Å²) in [6.07, 6.45) is 1.74. The summed E-state index contributed by atoms with van der Waals surface area (Å²) in [6, 6.07) is 8.91. The summed E-state index contributed by atoms with van der Waals surface area (Å²) in [6.45, 7) is 1.97. The molecule has 0 aliphatic carbocycles. The Labute approximate surface area is 173 Å². The first-order chi connectivity index (χ1) is 13.7. The maximum Gasteiger partial charge on any atom is 0.269 e. The van der Waals surface area contributed by atoms with E-state index in [0.29, 0.717) is 29.1 Å². The van der Waals surface area contributed by atoms with Gasteiger partial charge in [0.15, 0.2) is 0 Å². The van der Waals surface area contributed by atoms with Crippen molar-refractivity contribution in [3.05, 3.63) is 63.2 Å². The number of sulfonamides is 1. The second kappa shape index (κ2) is 8.48. The molecule has 2 aromatic rings. The third-order valence-electron chi connectivity index (χ3n) is 4.94. The second-order valence-electron chi connectivity index (χ2n) is 6.78. The van der Waals surface area contributed by atoms with Crippen LogP contribution in [0.2, 0.25) is 5.02 Å². The number of hydrogen-bond donors (Lipinski definition) is 1. The highest BCUT2D eigenvalue weighted by atomic mass is 35.5. The molecule has 1 saturated heterocycles. The van der Waals surface area contributed by atoms with Gasteiger partial charge in [-0.1, -0.05) is 24.1 Å². The van der Waals surface area contributed by atoms with Crippen molar-refractivity contribution in [3.63, 3.8) is 0 Å². The first-order valence-electron chi connectivity index (χ1n) is 9.04. The fourth-order valence-electron chi connectivity index (χ4n) is 3.29. The van der Waals surface area contributed by atoms with Crippen molar-refractivity contribution in [2.45, 2.75) is 37.1 Å². The van der Waals surface area contributed by atoms with Crippen molar-refractivity contribution in [2.24, 2.45) is 0 Å². The number of halogens is 1. The molecule has 2 aromatic carbocycles. The van der Waals surface area contributed by atoms with Crippen LogP contribution in [0.1, 0.15) is 24.8 Å². The summed E-state index contributed by atoms with van der Waals surface area (Å²) in [5, 5.41) is 14.1. The number of nitro benzene ring substituents is 1. The molecule has 0 bridgehead atoms. The van der Waals surface area contributed by atoms with Crippen molar-refractivity contribution in [1.29, 1.82) is 0 Å². The predicted molar refractivity (Wildman–Crippen MR) is 109 cm³/mol. The summed E-state index contributed by atoms with van der Waals surface area (Å²) in [4.78, 5) is 23.0. The SMILES string of the molecule is Cc1c(Cl)cccc1NC(=O)[C@@H]1CCCCN1S(=O)(=O)c1ccc([N+](=O)[O-])cc1. The number of benzene rings is 2. The minimum atomic E-state index is -3.99. The van der Waals surface area contributed by atoms with Gasteiger partial charge in [-0.25, -0.2) is 8.42 Å². The normalized spacial score (nSPS) is 17.7. The molecule has 154 valence electrons. The van der Waals surface area contributed by atoms with Crippen molar-refractivity contribution in [1.82, 2.24) is 4.31 Å². The van der Waals surface area contributed by atoms with E-state index in [2.05, 4.69) is 5.32 Å². The van der Waals surface area contributed by atoms with Crippen LogP contribution in [0.3, 0.4) is 0 Å². The summed E-state index contributed by atoms with van der Waals surface area (Å²) < 4.78 is 27.4. The number of nitro groups is 1. The number of rotatable bonds is 5. The van der Waals surface area contributed by atoms with Crippen LogP contribution >= 0.6 is 11.6 Å². The first kappa shape index (κ1) is 21.2. The average Bonchev–Trinajstić information content (AvgIpc) is 2.71. The molecule has 1 atom stereocenters. The van der Waals surface area contributed by atoms with E-state index >= 15 is 0 Å². The Balaban J connectivity index is 1.87. The number of non-ortho nitro benzene ring substituents is 1. The van der Waals surface area contributed by atoms with Crippen LogP contribution in [0.4, 0.5) is 11.4 Å². The Kier molecular flexibility index (Phi) is 6.21. The summed E-state index contributed by atoms with van der Waals surface area (Å²) >= 11 is 6.09. The highest BCUT2D eigenvalue weighted by molar-refractivity contribution is 7.89. The highest BCUT2D eigenvalue weighted by Gasteiger charge is 2.38. The van der Waals surface area contributed by atoms with E-state index < -0.39 is 26.9 Å². The van der Waals surface area contributed by atoms with Gasteiger partial charge in [0.2, 0.25) is 15.9 Å². The van der Waals surface area contributed by atoms with Crippen LogP contribution < -0.4 is 5.32 Å². The fraction of sp³-hybridized carbons (Fsp3) is 0.316. The van der Waals surface area contributed by atoms with Gasteiger partial charge in [0.25, 0.3) is 5.69 Å². The van der Waals surface area contributed by atoms with E-state index in [1.54, 1.807) is 25.1 Å². The van der Waals surface area contributed by atoms with Gasteiger partial charge in [0.05, 0.1) is 9.82 Å². The zero-order chi connectivity index (χ0) is 21.2. The minimum absolute atomic E-state index is 0.0817. The lowest BCUT2D eigenvalue weighted by molar-refractivity contribution is -0.384. The topological polar surface area (TPSA) is 110 Å². The van der Waals surface area contributed by atoms with E-state index in [1.165, 1.54) is 16.4 Å². The van der Waals surface area contributed by atoms with Gasteiger partial charge >= 0.3 is 0 Å². The van der Waals surface area contributed by atoms with E-state index in [-0.39, 0.29) is 17.1 Å². The fourth-order valence-corrected chi connectivity index (χ4v) is 5.12. The smallest absolute Gasteiger partial charge is 0.269 e. The summed E-state index contributed by atoms with van der Waals surface area (Å²) in [7, 11) is -3.99. The molecule has 1 aliphatic heterocycles. The van der Waals surface area contributed by atoms with Crippen molar-refractivity contribution >= 4 is 38.9 Å². The molecular weight excluding hydrogens is 418 g/mol. The summed E-state index contributed by atoms with van der Waals surface area (Å²) in [5.74, 6) is -0.430. The van der Waals surface area contributed by atoms with Gasteiger partial charge in [0.1, 0.15) is 6.04 Å². The van der Waals surface area contributed by atoms with Gasteiger partial charge < -0.3 is 5.32 Å². The number of nitrogens with zero attached hydrogens (tertiary/aromatic N) is 2. The lowest BCUT2D eigenvalue weighted by Crippen LogP contribution is -2.49. The van der Waals surface area contributed by atoms with E-state index in [0.717, 1.165) is 18.6 Å². The van der Waals surface area contributed by atoms with Crippen molar-refractivity contribution < 1.29 is 18.1 Å². The van der Waals surface area contributed by atoms with E-state index in [9.17, 15) is 23.3 Å². The molecule has 0 aromatic heterocycles. The molecule has 8 nitrogen and oxygen atoms in total. The number of carbonyl (C=O) groups is 1. The molecule has 29 heavy (non-hydrogen) atoms. The van der Waals surface area contributed by atoms with Gasteiger partial charge in [-0.05, 0) is 49.6 Å². The molecule has 1 N–H and O–H groups in total. The Morgan fingerprint density at radius 2 is 1.90 bits per heavy atom. The molecule has 3 rings (SSSR count). The Morgan fingerprint density at radius 3 is 2.55 bits per heavy atom. The van der Waals surface area contributed by atoms with E-state index in [1.807, 2.05) is 0 Å². The van der Waals surface area contributed by atoms with Crippen LogP contribution in [0.5, 0.6) is 0 Å². The number of nitrogens with one attached hydrogen (secondary N) is 1. The van der Waals surface area contributed by atoms with Gasteiger partial charge in [-0.15, -0.1) is 0 Å². The molecular formula is C19H20ClN3O5S. The number of piperidine rings is 1. The molecule has 1 aliphatic rings. The monoisotopic (exact) mass is 437 g/mol.